The summed E-state index contributed by atoms with van der Waals surface area (Å²) in [6, 6.07) is 70.5. The van der Waals surface area contributed by atoms with E-state index in [1.54, 1.807) is 0 Å². The van der Waals surface area contributed by atoms with Gasteiger partial charge in [-0.1, -0.05) is 169 Å². The van der Waals surface area contributed by atoms with Gasteiger partial charge < -0.3 is 4.42 Å². The van der Waals surface area contributed by atoms with Crippen molar-refractivity contribution in [3.63, 3.8) is 0 Å². The van der Waals surface area contributed by atoms with Gasteiger partial charge in [0.05, 0.1) is 0 Å². The average Bonchev–Trinajstić information content (AvgIpc) is 3.97. The minimum absolute atomic E-state index is 0.472. The molecule has 0 amide bonds. The van der Waals surface area contributed by atoms with E-state index in [0.29, 0.717) is 0 Å². The largest absolute Gasteiger partial charge is 0.463 e. The summed E-state index contributed by atoms with van der Waals surface area (Å²) in [5.41, 5.74) is 5.44. The Morgan fingerprint density at radius 1 is 0.280 bits per heavy atom. The van der Waals surface area contributed by atoms with Crippen LogP contribution in [0.25, 0.3) is 129 Å². The highest BCUT2D eigenvalue weighted by Gasteiger charge is 2.29. The Labute approximate surface area is 430 Å². The Kier molecular flexibility index (Phi) is 7.89. The van der Waals surface area contributed by atoms with E-state index in [0.717, 1.165) is 55.7 Å². The molecule has 17 rings (SSSR count). The number of furan rings is 1. The van der Waals surface area contributed by atoms with Gasteiger partial charge in [0.1, 0.15) is 23.4 Å². The molecule has 0 bridgehead atoms. The molecule has 0 aliphatic rings. The van der Waals surface area contributed by atoms with Crippen LogP contribution >= 0.6 is 0 Å². The van der Waals surface area contributed by atoms with Gasteiger partial charge in [-0.15, -0.1) is 12.8 Å². The second-order valence-electron chi connectivity index (χ2n) is 20.5. The fraction of sp³-hybridized carbons (Fsp3) is 0.0270. The number of hydrogen-bond donors (Lipinski definition) is 0. The van der Waals surface area contributed by atoms with Crippen LogP contribution in [0, 0.1) is 48.4 Å². The van der Waals surface area contributed by atoms with E-state index in [9.17, 15) is 0 Å². The number of benzene rings is 16. The third kappa shape index (κ3) is 5.47. The van der Waals surface area contributed by atoms with E-state index in [1.165, 1.54) is 118 Å². The quantitative estimate of drug-likeness (QED) is 0.0973. The van der Waals surface area contributed by atoms with Crippen LogP contribution in [0.2, 0.25) is 0 Å². The fourth-order valence-electron chi connectivity index (χ4n) is 13.5. The molecule has 75 heavy (non-hydrogen) atoms. The van der Waals surface area contributed by atoms with E-state index in [2.05, 4.69) is 181 Å². The molecule has 0 aliphatic carbocycles. The number of rotatable bonds is 4. The molecular formula is C74H36O. The van der Waals surface area contributed by atoms with Crippen molar-refractivity contribution in [2.75, 3.05) is 0 Å². The topological polar surface area (TPSA) is 13.1 Å². The summed E-state index contributed by atoms with van der Waals surface area (Å²) < 4.78 is 7.44. The summed E-state index contributed by atoms with van der Waals surface area (Å²) in [7, 11) is 0. The summed E-state index contributed by atoms with van der Waals surface area (Å²) >= 11 is 0. The fourth-order valence-corrected chi connectivity index (χ4v) is 13.5. The van der Waals surface area contributed by atoms with Gasteiger partial charge in [0.2, 0.25) is 0 Å². The van der Waals surface area contributed by atoms with Crippen molar-refractivity contribution < 1.29 is 4.42 Å². The smallest absolute Gasteiger partial charge is 0.123 e. The lowest BCUT2D eigenvalue weighted by molar-refractivity contribution is 0.465. The standard InChI is InChI=1S/C74H36O/c1-3-41-7-5-9-43(37-41)11-31-55(59-39-53-27-25-49-19-15-45-13-17-47-21-23-51-29-33-57(59)73-69(51)65(47)63(45)67(49)71(53)73)61-35-36-62(75-61)56(32-12-44-10-6-8-42(4-2)38-44)60-40-54-28-26-50-20-16-46-14-18-48-22-24-52-30-34-58(60)74-70(52)66(48)64(46)68(50)72(54)74/h1-2,5-10,13-30,33-40,55-56H. The molecule has 17 aromatic rings. The monoisotopic (exact) mass is 940 g/mol. The molecule has 1 heterocycles. The van der Waals surface area contributed by atoms with E-state index < -0.39 is 11.8 Å². The normalized spacial score (nSPS) is 13.0. The lowest BCUT2D eigenvalue weighted by atomic mass is 9.80. The summed E-state index contributed by atoms with van der Waals surface area (Å²) in [5.74, 6) is 20.9. The molecule has 0 saturated carbocycles. The van der Waals surface area contributed by atoms with Crippen molar-refractivity contribution in [2.24, 2.45) is 0 Å². The van der Waals surface area contributed by atoms with Gasteiger partial charge >= 0.3 is 0 Å². The van der Waals surface area contributed by atoms with Crippen molar-refractivity contribution in [2.45, 2.75) is 11.8 Å². The van der Waals surface area contributed by atoms with Crippen molar-refractivity contribution in [3.8, 4) is 48.4 Å². The van der Waals surface area contributed by atoms with Crippen LogP contribution in [0.1, 0.15) is 56.7 Å². The predicted octanol–water partition coefficient (Wildman–Crippen LogP) is 18.1. The first-order valence-electron chi connectivity index (χ1n) is 25.5. The molecule has 0 N–H and O–H groups in total. The molecule has 16 aromatic carbocycles. The molecule has 0 fully saturated rings. The SMILES string of the molecule is C#Cc1cccc(C#CC(c2ccc(C(C#Cc3cccc(C#C)c3)c3cc4ccc5ccc6ccc7ccc8ccc3c3c8c7c6c5c43)o2)c2cc3ccc4ccc5ccc6ccc7ccc2c2c7c6c5c4c32)c1. The highest BCUT2D eigenvalue weighted by Crippen LogP contribution is 2.53. The van der Waals surface area contributed by atoms with Crippen LogP contribution in [-0.4, -0.2) is 0 Å². The van der Waals surface area contributed by atoms with E-state index >= 15 is 0 Å². The third-order valence-corrected chi connectivity index (χ3v) is 16.7. The van der Waals surface area contributed by atoms with Crippen LogP contribution in [0.5, 0.6) is 0 Å². The summed E-state index contributed by atoms with van der Waals surface area (Å²) in [4.78, 5) is 0. The molecule has 2 unspecified atom stereocenters. The molecule has 1 heteroatoms. The zero-order valence-electron chi connectivity index (χ0n) is 40.2. The minimum atomic E-state index is -0.472. The maximum atomic E-state index is 7.44. The number of terminal acetylenes is 2. The highest BCUT2D eigenvalue weighted by molar-refractivity contribution is 6.46. The van der Waals surface area contributed by atoms with Crippen molar-refractivity contribution >= 4 is 129 Å². The Hall–Kier alpha value is -10.3. The first kappa shape index (κ1) is 40.3. The molecular weight excluding hydrogens is 905 g/mol. The lowest BCUT2D eigenvalue weighted by Crippen LogP contribution is -2.03. The van der Waals surface area contributed by atoms with Gasteiger partial charge in [-0.3, -0.25) is 0 Å². The predicted molar refractivity (Wildman–Crippen MR) is 315 cm³/mol. The third-order valence-electron chi connectivity index (χ3n) is 16.7. The van der Waals surface area contributed by atoms with Gasteiger partial charge in [0.25, 0.3) is 0 Å². The maximum Gasteiger partial charge on any atom is 0.123 e. The molecule has 1 aromatic heterocycles. The van der Waals surface area contributed by atoms with Crippen molar-refractivity contribution in [1.82, 2.24) is 0 Å². The zero-order chi connectivity index (χ0) is 49.2. The van der Waals surface area contributed by atoms with Gasteiger partial charge in [-0.2, -0.15) is 0 Å². The molecule has 338 valence electrons. The Bertz CT molecular complexity index is 5010. The van der Waals surface area contributed by atoms with Crippen LogP contribution in [0.3, 0.4) is 0 Å². The average molecular weight is 941 g/mol. The molecule has 0 radical (unpaired) electrons. The first-order valence-corrected chi connectivity index (χ1v) is 25.5. The van der Waals surface area contributed by atoms with E-state index in [4.69, 9.17) is 17.3 Å². The van der Waals surface area contributed by atoms with Crippen LogP contribution < -0.4 is 0 Å². The Balaban J connectivity index is 0.935. The lowest BCUT2D eigenvalue weighted by Gasteiger charge is -2.23. The second-order valence-corrected chi connectivity index (χ2v) is 20.5. The summed E-state index contributed by atoms with van der Waals surface area (Å²) in [5, 5.41) is 30.3. The Morgan fingerprint density at radius 2 is 0.560 bits per heavy atom. The highest BCUT2D eigenvalue weighted by atomic mass is 16.3. The minimum Gasteiger partial charge on any atom is -0.463 e. The second kappa shape index (κ2) is 14.7. The van der Waals surface area contributed by atoms with E-state index in [-0.39, 0.29) is 0 Å². The first-order chi connectivity index (χ1) is 37.1. The van der Waals surface area contributed by atoms with Gasteiger partial charge in [-0.05, 0) is 201 Å². The molecule has 2 atom stereocenters. The van der Waals surface area contributed by atoms with Crippen LogP contribution in [0.15, 0.2) is 199 Å². The summed E-state index contributed by atoms with van der Waals surface area (Å²) in [6.07, 6.45) is 11.9. The maximum absolute atomic E-state index is 7.44. The van der Waals surface area contributed by atoms with Gasteiger partial charge in [-0.25, -0.2) is 0 Å². The van der Waals surface area contributed by atoms with E-state index in [1.807, 2.05) is 48.5 Å². The molecule has 1 nitrogen and oxygen atoms in total. The number of hydrogen-bond acceptors (Lipinski definition) is 1. The molecule has 0 spiro atoms. The molecule has 0 aliphatic heterocycles. The van der Waals surface area contributed by atoms with Gasteiger partial charge in [0, 0.05) is 22.3 Å². The summed E-state index contributed by atoms with van der Waals surface area (Å²) in [6.45, 7) is 0. The Morgan fingerprint density at radius 3 is 0.893 bits per heavy atom. The van der Waals surface area contributed by atoms with Crippen LogP contribution in [-0.2, 0) is 0 Å². The molecule has 0 saturated heterocycles. The van der Waals surface area contributed by atoms with Gasteiger partial charge in [0.15, 0.2) is 0 Å². The van der Waals surface area contributed by atoms with Crippen LogP contribution in [0.4, 0.5) is 0 Å². The van der Waals surface area contributed by atoms with Crippen molar-refractivity contribution in [1.29, 1.82) is 0 Å². The van der Waals surface area contributed by atoms with Crippen molar-refractivity contribution in [3.05, 3.63) is 239 Å². The zero-order valence-corrected chi connectivity index (χ0v) is 40.2.